The van der Waals surface area contributed by atoms with E-state index >= 15 is 0 Å². The number of morpholine rings is 1. The number of carbonyl (C=O) groups is 2. The Morgan fingerprint density at radius 2 is 1.52 bits per heavy atom. The summed E-state index contributed by atoms with van der Waals surface area (Å²) in [6.07, 6.45) is 0. The molecule has 0 spiro atoms. The smallest absolute Gasteiger partial charge is 0.251 e. The second-order valence-electron chi connectivity index (χ2n) is 10.5. The van der Waals surface area contributed by atoms with Crippen LogP contribution >= 0.6 is 0 Å². The van der Waals surface area contributed by atoms with E-state index < -0.39 is 29.5 Å². The first kappa shape index (κ1) is 28.9. The van der Waals surface area contributed by atoms with E-state index in [-0.39, 0.29) is 13.1 Å². The van der Waals surface area contributed by atoms with Gasteiger partial charge in [-0.25, -0.2) is 13.5 Å². The minimum Gasteiger partial charge on any atom is -0.378 e. The number of carbonyl (C=O) groups excluding carboxylic acids is 2. The van der Waals surface area contributed by atoms with Gasteiger partial charge in [0.15, 0.2) is 0 Å². The second kappa shape index (κ2) is 13.0. The Morgan fingerprint density at radius 1 is 0.864 bits per heavy atom. The van der Waals surface area contributed by atoms with Gasteiger partial charge in [0.2, 0.25) is 5.91 Å². The van der Waals surface area contributed by atoms with Gasteiger partial charge in [-0.15, -0.1) is 5.10 Å². The summed E-state index contributed by atoms with van der Waals surface area (Å²) in [6, 6.07) is 24.7. The molecule has 1 atom stereocenters. The Balaban J connectivity index is 1.33. The predicted molar refractivity (Wildman–Crippen MR) is 162 cm³/mol. The number of halogens is 2. The number of fused-ring (bicyclic) bond motifs is 1. The normalized spacial score (nSPS) is 13.9. The lowest BCUT2D eigenvalue weighted by molar-refractivity contribution is -0.140. The number of para-hydroxylation sites is 1. The Morgan fingerprint density at radius 3 is 2.23 bits per heavy atom. The first-order valence-corrected chi connectivity index (χ1v) is 14.3. The van der Waals surface area contributed by atoms with Crippen molar-refractivity contribution in [1.82, 2.24) is 19.9 Å². The number of hydrogen-bond acceptors (Lipinski definition) is 6. The van der Waals surface area contributed by atoms with Gasteiger partial charge in [-0.1, -0.05) is 41.6 Å². The van der Waals surface area contributed by atoms with E-state index in [9.17, 15) is 18.4 Å². The minimum atomic E-state index is -1.15. The van der Waals surface area contributed by atoms with Crippen molar-refractivity contribution in [1.29, 1.82) is 0 Å². The quantitative estimate of drug-likeness (QED) is 0.259. The Kier molecular flexibility index (Phi) is 8.55. The number of nitrogens with one attached hydrogen (secondary N) is 1. The first-order chi connectivity index (χ1) is 21.4. The van der Waals surface area contributed by atoms with Gasteiger partial charge < -0.3 is 19.9 Å². The number of aromatic nitrogens is 3. The van der Waals surface area contributed by atoms with E-state index in [2.05, 4.69) is 20.5 Å². The molecule has 6 rings (SSSR count). The molecule has 1 unspecified atom stereocenters. The molecule has 11 heteroatoms. The summed E-state index contributed by atoms with van der Waals surface area (Å²) >= 11 is 0. The molecule has 1 aliphatic heterocycles. The molecule has 0 saturated carbocycles. The van der Waals surface area contributed by atoms with Crippen molar-refractivity contribution in [3.05, 3.63) is 120 Å². The first-order valence-electron chi connectivity index (χ1n) is 14.3. The lowest BCUT2D eigenvalue weighted by atomic mass is 10.0. The lowest BCUT2D eigenvalue weighted by Crippen LogP contribution is -2.42. The molecule has 1 saturated heterocycles. The molecule has 0 bridgehead atoms. The molecular formula is C33H30F2N6O3. The van der Waals surface area contributed by atoms with Gasteiger partial charge in [0.1, 0.15) is 29.7 Å². The van der Waals surface area contributed by atoms with Crippen molar-refractivity contribution in [3.8, 4) is 0 Å². The van der Waals surface area contributed by atoms with E-state index in [0.717, 1.165) is 18.8 Å². The van der Waals surface area contributed by atoms with Crippen LogP contribution in [0.25, 0.3) is 11.0 Å². The maximum atomic E-state index is 14.1. The highest BCUT2D eigenvalue weighted by atomic mass is 19.1. The Bertz CT molecular complexity index is 1740. The van der Waals surface area contributed by atoms with E-state index in [1.165, 1.54) is 46.0 Å². The van der Waals surface area contributed by atoms with Crippen LogP contribution in [0.15, 0.2) is 97.1 Å². The molecule has 4 aromatic carbocycles. The van der Waals surface area contributed by atoms with E-state index in [1.807, 2.05) is 24.3 Å². The number of rotatable bonds is 9. The molecule has 5 aromatic rings. The van der Waals surface area contributed by atoms with Crippen LogP contribution in [0.1, 0.15) is 17.2 Å². The van der Waals surface area contributed by atoms with E-state index in [4.69, 9.17) is 4.74 Å². The van der Waals surface area contributed by atoms with Gasteiger partial charge >= 0.3 is 0 Å². The monoisotopic (exact) mass is 596 g/mol. The molecule has 0 aliphatic carbocycles. The summed E-state index contributed by atoms with van der Waals surface area (Å²) in [4.78, 5) is 31.7. The van der Waals surface area contributed by atoms with Gasteiger partial charge in [-0.05, 0) is 71.8 Å². The minimum absolute atomic E-state index is 0.0167. The third kappa shape index (κ3) is 6.57. The molecule has 44 heavy (non-hydrogen) atoms. The fourth-order valence-electron chi connectivity index (χ4n) is 5.27. The van der Waals surface area contributed by atoms with Crippen LogP contribution in [-0.4, -0.2) is 58.0 Å². The van der Waals surface area contributed by atoms with Crippen LogP contribution in [0.3, 0.4) is 0 Å². The van der Waals surface area contributed by atoms with Crippen molar-refractivity contribution in [2.75, 3.05) is 36.5 Å². The fourth-order valence-corrected chi connectivity index (χ4v) is 5.27. The van der Waals surface area contributed by atoms with Crippen molar-refractivity contribution >= 4 is 34.2 Å². The van der Waals surface area contributed by atoms with Gasteiger partial charge in [0.05, 0.1) is 18.7 Å². The average molecular weight is 597 g/mol. The largest absolute Gasteiger partial charge is 0.378 e. The van der Waals surface area contributed by atoms with E-state index in [1.54, 1.807) is 36.4 Å². The predicted octanol–water partition coefficient (Wildman–Crippen LogP) is 4.95. The molecular weight excluding hydrogens is 566 g/mol. The molecule has 2 heterocycles. The molecule has 0 radical (unpaired) electrons. The second-order valence-corrected chi connectivity index (χ2v) is 10.5. The standard InChI is InChI=1S/C33H30F2N6O3/c34-25-9-5-23(6-10-25)21-40(31(42)22-41-30-4-2-1-3-29(30)37-38-41)32(24-7-11-26(35)12-8-24)33(43)36-27-13-15-28(16-14-27)39-17-19-44-20-18-39/h1-16,32H,17-22H2,(H,36,43). The van der Waals surface area contributed by atoms with Crippen LogP contribution in [0.4, 0.5) is 20.2 Å². The molecule has 1 fully saturated rings. The zero-order valence-electron chi connectivity index (χ0n) is 23.8. The summed E-state index contributed by atoms with van der Waals surface area (Å²) in [5.41, 5.74) is 3.85. The summed E-state index contributed by atoms with van der Waals surface area (Å²) in [5.74, 6) is -1.82. The summed E-state index contributed by atoms with van der Waals surface area (Å²) in [5, 5.41) is 11.2. The number of benzene rings is 4. The third-order valence-electron chi connectivity index (χ3n) is 7.55. The molecule has 2 amide bonds. The Labute approximate surface area is 252 Å². The van der Waals surface area contributed by atoms with Crippen LogP contribution in [0, 0.1) is 11.6 Å². The number of ether oxygens (including phenoxy) is 1. The number of anilines is 2. The van der Waals surface area contributed by atoms with Crippen LogP contribution in [0.5, 0.6) is 0 Å². The summed E-state index contributed by atoms with van der Waals surface area (Å²) in [7, 11) is 0. The van der Waals surface area contributed by atoms with Crippen molar-refractivity contribution in [2.45, 2.75) is 19.1 Å². The molecule has 224 valence electrons. The van der Waals surface area contributed by atoms with Crippen LogP contribution < -0.4 is 10.2 Å². The summed E-state index contributed by atoms with van der Waals surface area (Å²) in [6.45, 7) is 2.64. The Hall–Kier alpha value is -5.16. The van der Waals surface area contributed by atoms with Gasteiger partial charge in [0.25, 0.3) is 5.91 Å². The maximum Gasteiger partial charge on any atom is 0.251 e. The van der Waals surface area contributed by atoms with Gasteiger partial charge in [0, 0.05) is 31.0 Å². The fraction of sp³-hybridized carbons (Fsp3) is 0.212. The van der Waals surface area contributed by atoms with Crippen molar-refractivity contribution in [2.24, 2.45) is 0 Å². The number of nitrogens with zero attached hydrogens (tertiary/aromatic N) is 5. The van der Waals surface area contributed by atoms with Crippen molar-refractivity contribution in [3.63, 3.8) is 0 Å². The summed E-state index contributed by atoms with van der Waals surface area (Å²) < 4.78 is 34.6. The van der Waals surface area contributed by atoms with E-state index in [0.29, 0.717) is 41.1 Å². The SMILES string of the molecule is O=C(Nc1ccc(N2CCOCC2)cc1)C(c1ccc(F)cc1)N(Cc1ccc(F)cc1)C(=O)Cn1nnc2ccccc21. The highest BCUT2D eigenvalue weighted by molar-refractivity contribution is 5.98. The average Bonchev–Trinajstić information content (AvgIpc) is 3.46. The van der Waals surface area contributed by atoms with Crippen molar-refractivity contribution < 1.29 is 23.1 Å². The zero-order chi connectivity index (χ0) is 30.5. The lowest BCUT2D eigenvalue weighted by Gasteiger charge is -2.32. The topological polar surface area (TPSA) is 92.6 Å². The van der Waals surface area contributed by atoms with Gasteiger partial charge in [-0.3, -0.25) is 9.59 Å². The highest BCUT2D eigenvalue weighted by Gasteiger charge is 2.32. The molecule has 1 aromatic heterocycles. The third-order valence-corrected chi connectivity index (χ3v) is 7.55. The molecule has 1 N–H and O–H groups in total. The molecule has 1 aliphatic rings. The maximum absolute atomic E-state index is 14.1. The number of amides is 2. The highest BCUT2D eigenvalue weighted by Crippen LogP contribution is 2.28. The van der Waals surface area contributed by atoms with Crippen LogP contribution in [0.2, 0.25) is 0 Å². The number of hydrogen-bond donors (Lipinski definition) is 1. The molecule has 9 nitrogen and oxygen atoms in total. The van der Waals surface area contributed by atoms with Crippen LogP contribution in [-0.2, 0) is 27.4 Å². The zero-order valence-corrected chi connectivity index (χ0v) is 23.8. The van der Waals surface area contributed by atoms with Gasteiger partial charge in [-0.2, -0.15) is 0 Å².